The van der Waals surface area contributed by atoms with Crippen molar-refractivity contribution in [1.29, 1.82) is 0 Å². The van der Waals surface area contributed by atoms with E-state index in [0.29, 0.717) is 5.56 Å². The fourth-order valence-electron chi connectivity index (χ4n) is 1.39. The second-order valence-corrected chi connectivity index (χ2v) is 3.93. The molecule has 1 N–H and O–H groups in total. The number of carbonyl (C=O) groups excluding carboxylic acids is 2. The molecule has 0 saturated carbocycles. The van der Waals surface area contributed by atoms with Crippen LogP contribution in [0.15, 0.2) is 30.3 Å². The van der Waals surface area contributed by atoms with E-state index in [1.807, 2.05) is 6.92 Å². The number of carbonyl (C=O) groups is 2. The molecule has 0 amide bonds. The zero-order valence-corrected chi connectivity index (χ0v) is 11.2. The number of esters is 1. The summed E-state index contributed by atoms with van der Waals surface area (Å²) in [7, 11) is 0. The van der Waals surface area contributed by atoms with Crippen molar-refractivity contribution in [3.8, 4) is 0 Å². The van der Waals surface area contributed by atoms with E-state index in [9.17, 15) is 14.7 Å². The topological polar surface area (TPSA) is 100 Å². The van der Waals surface area contributed by atoms with Crippen LogP contribution >= 0.6 is 0 Å². The fraction of sp³-hybridized carbons (Fsp3) is 0.214. The van der Waals surface area contributed by atoms with E-state index in [1.165, 1.54) is 0 Å². The molecule has 1 aromatic carbocycles. The van der Waals surface area contributed by atoms with Crippen molar-refractivity contribution < 1.29 is 24.2 Å². The highest BCUT2D eigenvalue weighted by Gasteiger charge is 2.29. The van der Waals surface area contributed by atoms with Gasteiger partial charge in [0, 0.05) is 11.6 Å². The molecule has 1 aromatic rings. The number of nitrogens with zero attached hydrogens (tertiary/aromatic N) is 2. The summed E-state index contributed by atoms with van der Waals surface area (Å²) < 4.78 is 4.56. The molecular weight excluding hydrogens is 260 g/mol. The lowest BCUT2D eigenvalue weighted by molar-refractivity contribution is -0.141. The fourth-order valence-corrected chi connectivity index (χ4v) is 1.39. The SMILES string of the molecule is CCOC(=O)C(=[N+]=[N-])C(=O)/C=C(\O)c1ccc(C)cc1. The van der Waals surface area contributed by atoms with E-state index >= 15 is 0 Å². The van der Waals surface area contributed by atoms with Crippen molar-refractivity contribution in [2.75, 3.05) is 6.61 Å². The first kappa shape index (κ1) is 15.3. The molecule has 0 heterocycles. The Morgan fingerprint density at radius 3 is 2.45 bits per heavy atom. The van der Waals surface area contributed by atoms with E-state index in [-0.39, 0.29) is 12.4 Å². The zero-order chi connectivity index (χ0) is 15.1. The van der Waals surface area contributed by atoms with Gasteiger partial charge in [-0.25, -0.2) is 4.79 Å². The van der Waals surface area contributed by atoms with E-state index in [0.717, 1.165) is 11.6 Å². The van der Waals surface area contributed by atoms with Gasteiger partial charge in [0.05, 0.1) is 6.61 Å². The summed E-state index contributed by atoms with van der Waals surface area (Å²) in [5, 5.41) is 9.79. The average Bonchev–Trinajstić information content (AvgIpc) is 2.40. The van der Waals surface area contributed by atoms with Crippen molar-refractivity contribution in [1.82, 2.24) is 0 Å². The van der Waals surface area contributed by atoms with Crippen LogP contribution in [-0.4, -0.2) is 34.0 Å². The largest absolute Gasteiger partial charge is 0.507 e. The molecule has 0 fully saturated rings. The van der Waals surface area contributed by atoms with Gasteiger partial charge in [-0.05, 0) is 13.8 Å². The highest BCUT2D eigenvalue weighted by atomic mass is 16.5. The minimum absolute atomic E-state index is 0.0405. The summed E-state index contributed by atoms with van der Waals surface area (Å²) in [5.41, 5.74) is 9.29. The van der Waals surface area contributed by atoms with Crippen LogP contribution in [0.5, 0.6) is 0 Å². The van der Waals surface area contributed by atoms with Crippen LogP contribution in [0, 0.1) is 6.92 Å². The van der Waals surface area contributed by atoms with Gasteiger partial charge in [0.15, 0.2) is 0 Å². The molecule has 0 unspecified atom stereocenters. The summed E-state index contributed by atoms with van der Waals surface area (Å²) in [6.07, 6.45) is 0.802. The van der Waals surface area contributed by atoms with Crippen LogP contribution in [-0.2, 0) is 14.3 Å². The van der Waals surface area contributed by atoms with Gasteiger partial charge in [-0.2, -0.15) is 4.79 Å². The quantitative estimate of drug-likeness (QED) is 0.168. The van der Waals surface area contributed by atoms with Crippen LogP contribution in [0.4, 0.5) is 0 Å². The Balaban J connectivity index is 2.97. The number of allylic oxidation sites excluding steroid dienone is 1. The minimum Gasteiger partial charge on any atom is -0.507 e. The molecule has 0 aliphatic rings. The first-order valence-electron chi connectivity index (χ1n) is 5.90. The number of hydrogen-bond donors (Lipinski definition) is 1. The first-order valence-corrected chi connectivity index (χ1v) is 5.90. The second kappa shape index (κ2) is 7.01. The lowest BCUT2D eigenvalue weighted by atomic mass is 10.1. The third-order valence-corrected chi connectivity index (χ3v) is 2.42. The van der Waals surface area contributed by atoms with Crippen molar-refractivity contribution >= 4 is 23.2 Å². The minimum atomic E-state index is -1.05. The zero-order valence-electron chi connectivity index (χ0n) is 11.2. The Morgan fingerprint density at radius 2 is 1.95 bits per heavy atom. The maximum absolute atomic E-state index is 11.7. The van der Waals surface area contributed by atoms with Gasteiger partial charge in [0.25, 0.3) is 5.78 Å². The van der Waals surface area contributed by atoms with Gasteiger partial charge in [-0.1, -0.05) is 29.8 Å². The molecule has 1 rings (SSSR count). The maximum atomic E-state index is 11.7. The summed E-state index contributed by atoms with van der Waals surface area (Å²) >= 11 is 0. The third kappa shape index (κ3) is 3.90. The molecule has 0 atom stereocenters. The molecular formula is C14H14N2O4. The molecule has 0 saturated heterocycles. The number of aryl methyl sites for hydroxylation is 1. The van der Waals surface area contributed by atoms with Gasteiger partial charge in [0.1, 0.15) is 5.76 Å². The van der Waals surface area contributed by atoms with Gasteiger partial charge >= 0.3 is 11.7 Å². The van der Waals surface area contributed by atoms with Crippen LogP contribution < -0.4 is 0 Å². The Bertz CT molecular complexity index is 596. The Morgan fingerprint density at radius 1 is 1.35 bits per heavy atom. The number of hydrogen-bond acceptors (Lipinski definition) is 4. The number of aliphatic hydroxyl groups excluding tert-OH is 1. The Hall–Kier alpha value is -2.72. The summed E-state index contributed by atoms with van der Waals surface area (Å²) in [6, 6.07) is 6.76. The number of ether oxygens (including phenoxy) is 1. The lowest BCUT2D eigenvalue weighted by Crippen LogP contribution is -2.26. The molecule has 0 spiro atoms. The monoisotopic (exact) mass is 274 g/mol. The van der Waals surface area contributed by atoms with Crippen LogP contribution in [0.2, 0.25) is 0 Å². The van der Waals surface area contributed by atoms with Crippen LogP contribution in [0.1, 0.15) is 18.1 Å². The van der Waals surface area contributed by atoms with Crippen molar-refractivity contribution in [2.45, 2.75) is 13.8 Å². The summed E-state index contributed by atoms with van der Waals surface area (Å²) in [5.74, 6) is -2.32. The molecule has 0 aliphatic heterocycles. The molecule has 0 bridgehead atoms. The van der Waals surface area contributed by atoms with Gasteiger partial charge in [0.2, 0.25) is 0 Å². The number of rotatable bonds is 5. The van der Waals surface area contributed by atoms with E-state index < -0.39 is 17.5 Å². The first-order chi connectivity index (χ1) is 9.49. The standard InChI is InChI=1S/C14H14N2O4/c1-3-20-14(19)13(16-15)12(18)8-11(17)10-6-4-9(2)5-7-10/h4-8,17H,3H2,1-2H3/b11-8-. The van der Waals surface area contributed by atoms with Crippen LogP contribution in [0.25, 0.3) is 11.3 Å². The predicted octanol–water partition coefficient (Wildman–Crippen LogP) is 1.70. The Labute approximate surface area is 115 Å². The molecule has 0 radical (unpaired) electrons. The predicted molar refractivity (Wildman–Crippen MR) is 72.1 cm³/mol. The van der Waals surface area contributed by atoms with E-state index in [4.69, 9.17) is 5.53 Å². The van der Waals surface area contributed by atoms with E-state index in [2.05, 4.69) is 9.53 Å². The van der Waals surface area contributed by atoms with Gasteiger partial charge < -0.3 is 15.4 Å². The molecule has 20 heavy (non-hydrogen) atoms. The highest BCUT2D eigenvalue weighted by Crippen LogP contribution is 2.12. The lowest BCUT2D eigenvalue weighted by Gasteiger charge is -2.00. The van der Waals surface area contributed by atoms with Crippen molar-refractivity contribution in [2.24, 2.45) is 0 Å². The molecule has 0 aromatic heterocycles. The smallest absolute Gasteiger partial charge is 0.445 e. The van der Waals surface area contributed by atoms with E-state index in [1.54, 1.807) is 31.2 Å². The summed E-state index contributed by atoms with van der Waals surface area (Å²) in [6.45, 7) is 3.47. The average molecular weight is 274 g/mol. The third-order valence-electron chi connectivity index (χ3n) is 2.42. The second-order valence-electron chi connectivity index (χ2n) is 3.93. The number of benzene rings is 1. The van der Waals surface area contributed by atoms with Crippen molar-refractivity contribution in [3.63, 3.8) is 0 Å². The van der Waals surface area contributed by atoms with Gasteiger partial charge in [-0.15, -0.1) is 0 Å². The molecule has 6 heteroatoms. The Kier molecular flexibility index (Phi) is 5.38. The number of ketones is 1. The maximum Gasteiger partial charge on any atom is 0.445 e. The van der Waals surface area contributed by atoms with Crippen molar-refractivity contribution in [3.05, 3.63) is 47.0 Å². The molecule has 6 nitrogen and oxygen atoms in total. The summed E-state index contributed by atoms with van der Waals surface area (Å²) in [4.78, 5) is 25.7. The van der Waals surface area contributed by atoms with Crippen LogP contribution in [0.3, 0.4) is 0 Å². The molecule has 0 aliphatic carbocycles. The van der Waals surface area contributed by atoms with Gasteiger partial charge in [-0.3, -0.25) is 4.79 Å². The normalized spacial score (nSPS) is 10.6. The molecule has 104 valence electrons. The highest BCUT2D eigenvalue weighted by molar-refractivity contribution is 6.65. The number of aliphatic hydroxyl groups is 1.